The maximum atomic E-state index is 2.66. The van der Waals surface area contributed by atoms with E-state index in [2.05, 4.69) is 22.9 Å². The van der Waals surface area contributed by atoms with Crippen LogP contribution in [0.5, 0.6) is 0 Å². The van der Waals surface area contributed by atoms with E-state index < -0.39 is 0 Å². The second-order valence-electron chi connectivity index (χ2n) is 3.20. The minimum atomic E-state index is 1.31. The van der Waals surface area contributed by atoms with Crippen LogP contribution in [0.25, 0.3) is 0 Å². The molecular weight excluding hydrogens is 199 g/mol. The Kier molecular flexibility index (Phi) is 11.0. The van der Waals surface area contributed by atoms with Crippen molar-refractivity contribution in [2.24, 2.45) is 0 Å². The Hall–Kier alpha value is 0.519. The molecule has 0 aliphatic carbocycles. The van der Waals surface area contributed by atoms with E-state index >= 15 is 0 Å². The Bertz CT molecular complexity index is 53.9. The standard InChI is InChI=1S/C10H22Se/c1-2-3-4-5-6-7-8-9-10-11/h11H,2-10H2,1H3. The van der Waals surface area contributed by atoms with Crippen molar-refractivity contribution in [3.8, 4) is 0 Å². The van der Waals surface area contributed by atoms with Crippen molar-refractivity contribution in [2.75, 3.05) is 0 Å². The number of hydrogen-bond acceptors (Lipinski definition) is 0. The zero-order valence-electron chi connectivity index (χ0n) is 7.81. The van der Waals surface area contributed by atoms with E-state index in [0.29, 0.717) is 0 Å². The molecule has 0 saturated carbocycles. The molecular formula is C10H22Se. The molecule has 0 saturated heterocycles. The molecule has 1 heteroatoms. The Morgan fingerprint density at radius 1 is 0.727 bits per heavy atom. The molecule has 0 aliphatic rings. The first kappa shape index (κ1) is 11.5. The second kappa shape index (κ2) is 10.5. The summed E-state index contributed by atoms with van der Waals surface area (Å²) >= 11 is 2.66. The SMILES string of the molecule is CCCCCCCCCC[SeH]. The number of hydrogen-bond donors (Lipinski definition) is 0. The van der Waals surface area contributed by atoms with Crippen LogP contribution in [0.3, 0.4) is 0 Å². The van der Waals surface area contributed by atoms with Gasteiger partial charge in [-0.05, 0) is 0 Å². The summed E-state index contributed by atoms with van der Waals surface area (Å²) in [5.41, 5.74) is 0. The van der Waals surface area contributed by atoms with Crippen molar-refractivity contribution in [3.63, 3.8) is 0 Å². The maximum absolute atomic E-state index is 2.66. The normalized spacial score (nSPS) is 10.4. The molecule has 68 valence electrons. The van der Waals surface area contributed by atoms with Crippen molar-refractivity contribution >= 4 is 16.0 Å². The van der Waals surface area contributed by atoms with Gasteiger partial charge < -0.3 is 0 Å². The summed E-state index contributed by atoms with van der Waals surface area (Å²) < 4.78 is 0. The summed E-state index contributed by atoms with van der Waals surface area (Å²) in [5, 5.41) is 1.31. The van der Waals surface area contributed by atoms with E-state index in [9.17, 15) is 0 Å². The minimum absolute atomic E-state index is 1.31. The molecule has 0 N–H and O–H groups in total. The third kappa shape index (κ3) is 10.5. The van der Waals surface area contributed by atoms with E-state index in [1.807, 2.05) is 0 Å². The second-order valence-corrected chi connectivity index (χ2v) is 4.14. The molecule has 0 unspecified atom stereocenters. The van der Waals surface area contributed by atoms with E-state index in [1.165, 1.54) is 56.7 Å². The van der Waals surface area contributed by atoms with Crippen LogP contribution in [-0.2, 0) is 0 Å². The fourth-order valence-electron chi connectivity index (χ4n) is 1.25. The summed E-state index contributed by atoms with van der Waals surface area (Å²) in [7, 11) is 0. The van der Waals surface area contributed by atoms with Crippen molar-refractivity contribution in [1.82, 2.24) is 0 Å². The molecule has 0 heterocycles. The Balaban J connectivity index is 2.69. The molecule has 0 amide bonds. The third-order valence-electron chi connectivity index (χ3n) is 2.01. The van der Waals surface area contributed by atoms with Crippen molar-refractivity contribution in [2.45, 2.75) is 63.6 Å². The van der Waals surface area contributed by atoms with Gasteiger partial charge in [0, 0.05) is 0 Å². The van der Waals surface area contributed by atoms with Crippen LogP contribution in [0.2, 0.25) is 5.32 Å². The molecule has 0 bridgehead atoms. The number of rotatable bonds is 8. The van der Waals surface area contributed by atoms with Crippen LogP contribution in [0.1, 0.15) is 58.3 Å². The van der Waals surface area contributed by atoms with Crippen LogP contribution in [-0.4, -0.2) is 16.0 Å². The summed E-state index contributed by atoms with van der Waals surface area (Å²) in [4.78, 5) is 0. The van der Waals surface area contributed by atoms with Gasteiger partial charge in [-0.2, -0.15) is 0 Å². The Morgan fingerprint density at radius 2 is 1.18 bits per heavy atom. The van der Waals surface area contributed by atoms with Gasteiger partial charge in [-0.1, -0.05) is 0 Å². The molecule has 11 heavy (non-hydrogen) atoms. The quantitative estimate of drug-likeness (QED) is 0.435. The Labute approximate surface area is 80.0 Å². The van der Waals surface area contributed by atoms with Crippen molar-refractivity contribution < 1.29 is 0 Å². The predicted molar refractivity (Wildman–Crippen MR) is 54.6 cm³/mol. The zero-order valence-corrected chi connectivity index (χ0v) is 9.69. The topological polar surface area (TPSA) is 0 Å². The average molecular weight is 221 g/mol. The monoisotopic (exact) mass is 222 g/mol. The molecule has 0 fully saturated rings. The van der Waals surface area contributed by atoms with E-state index in [1.54, 1.807) is 0 Å². The van der Waals surface area contributed by atoms with Crippen LogP contribution in [0.4, 0.5) is 0 Å². The van der Waals surface area contributed by atoms with Gasteiger partial charge in [0.1, 0.15) is 0 Å². The van der Waals surface area contributed by atoms with Gasteiger partial charge in [0.05, 0.1) is 0 Å². The molecule has 0 rings (SSSR count). The molecule has 0 nitrogen and oxygen atoms in total. The first-order valence-corrected chi connectivity index (χ1v) is 6.35. The van der Waals surface area contributed by atoms with Crippen LogP contribution in [0, 0.1) is 0 Å². The van der Waals surface area contributed by atoms with Crippen LogP contribution in [0.15, 0.2) is 0 Å². The summed E-state index contributed by atoms with van der Waals surface area (Å²) in [6, 6.07) is 0. The molecule has 0 aliphatic heterocycles. The number of unbranched alkanes of at least 4 members (excludes halogenated alkanes) is 7. The van der Waals surface area contributed by atoms with E-state index in [0.717, 1.165) is 0 Å². The van der Waals surface area contributed by atoms with Gasteiger partial charge >= 0.3 is 79.6 Å². The molecule has 0 aromatic carbocycles. The third-order valence-corrected chi connectivity index (χ3v) is 2.68. The Morgan fingerprint density at radius 3 is 1.64 bits per heavy atom. The van der Waals surface area contributed by atoms with Gasteiger partial charge in [0.2, 0.25) is 0 Å². The molecule has 0 aromatic rings. The summed E-state index contributed by atoms with van der Waals surface area (Å²) in [6.07, 6.45) is 11.5. The first-order chi connectivity index (χ1) is 5.41. The van der Waals surface area contributed by atoms with Gasteiger partial charge in [0.15, 0.2) is 0 Å². The van der Waals surface area contributed by atoms with Crippen LogP contribution < -0.4 is 0 Å². The molecule has 0 atom stereocenters. The predicted octanol–water partition coefficient (Wildman–Crippen LogP) is 3.45. The summed E-state index contributed by atoms with van der Waals surface area (Å²) in [6.45, 7) is 2.27. The van der Waals surface area contributed by atoms with Crippen LogP contribution >= 0.6 is 0 Å². The van der Waals surface area contributed by atoms with Crippen molar-refractivity contribution in [1.29, 1.82) is 0 Å². The average Bonchev–Trinajstić information content (AvgIpc) is 2.03. The fourth-order valence-corrected chi connectivity index (χ4v) is 1.71. The molecule has 0 aromatic heterocycles. The molecule has 0 radical (unpaired) electrons. The zero-order chi connectivity index (χ0) is 8.36. The fraction of sp³-hybridized carbons (Fsp3) is 1.00. The summed E-state index contributed by atoms with van der Waals surface area (Å²) in [5.74, 6) is 0. The van der Waals surface area contributed by atoms with Crippen molar-refractivity contribution in [3.05, 3.63) is 0 Å². The van der Waals surface area contributed by atoms with Gasteiger partial charge in [-0.15, -0.1) is 0 Å². The van der Waals surface area contributed by atoms with E-state index in [4.69, 9.17) is 0 Å². The van der Waals surface area contributed by atoms with Gasteiger partial charge in [0.25, 0.3) is 0 Å². The van der Waals surface area contributed by atoms with E-state index in [-0.39, 0.29) is 0 Å². The first-order valence-electron chi connectivity index (χ1n) is 5.02. The van der Waals surface area contributed by atoms with Gasteiger partial charge in [-0.3, -0.25) is 0 Å². The molecule has 0 spiro atoms. The van der Waals surface area contributed by atoms with Gasteiger partial charge in [-0.25, -0.2) is 0 Å².